The van der Waals surface area contributed by atoms with Crippen LogP contribution < -0.4 is 5.32 Å². The predicted molar refractivity (Wildman–Crippen MR) is 88.0 cm³/mol. The SMILES string of the molecule is Cc1nn(C)c(Nc2c(F)cccc2Cl)c1-c1ccc(F)cc1F. The van der Waals surface area contributed by atoms with Crippen LogP contribution in [0.5, 0.6) is 0 Å². The van der Waals surface area contributed by atoms with Crippen molar-refractivity contribution in [1.82, 2.24) is 9.78 Å². The minimum atomic E-state index is -0.728. The summed E-state index contributed by atoms with van der Waals surface area (Å²) in [5, 5.41) is 7.29. The van der Waals surface area contributed by atoms with Gasteiger partial charge in [0, 0.05) is 18.7 Å². The maximum absolute atomic E-state index is 14.2. The lowest BCUT2D eigenvalue weighted by Gasteiger charge is -2.12. The van der Waals surface area contributed by atoms with E-state index in [-0.39, 0.29) is 16.3 Å². The van der Waals surface area contributed by atoms with E-state index in [0.29, 0.717) is 17.1 Å². The molecule has 0 amide bonds. The second-order valence-electron chi connectivity index (χ2n) is 5.28. The Morgan fingerprint density at radius 1 is 1.08 bits per heavy atom. The largest absolute Gasteiger partial charge is 0.336 e. The van der Waals surface area contributed by atoms with Crippen molar-refractivity contribution in [3.05, 3.63) is 64.6 Å². The lowest BCUT2D eigenvalue weighted by atomic mass is 10.0. The zero-order chi connectivity index (χ0) is 17.4. The molecule has 2 aromatic carbocycles. The summed E-state index contributed by atoms with van der Waals surface area (Å²) in [5.74, 6) is -1.60. The molecule has 3 rings (SSSR count). The van der Waals surface area contributed by atoms with Crippen LogP contribution in [0.4, 0.5) is 24.7 Å². The Morgan fingerprint density at radius 3 is 2.50 bits per heavy atom. The minimum absolute atomic E-state index is 0.0611. The van der Waals surface area contributed by atoms with Gasteiger partial charge in [0.25, 0.3) is 0 Å². The lowest BCUT2D eigenvalue weighted by Crippen LogP contribution is -2.03. The summed E-state index contributed by atoms with van der Waals surface area (Å²) in [4.78, 5) is 0. The van der Waals surface area contributed by atoms with Crippen molar-refractivity contribution < 1.29 is 13.2 Å². The number of aromatic nitrogens is 2. The number of hydrogen-bond donors (Lipinski definition) is 1. The number of benzene rings is 2. The van der Waals surface area contributed by atoms with Crippen LogP contribution in [0.25, 0.3) is 11.1 Å². The highest BCUT2D eigenvalue weighted by atomic mass is 35.5. The van der Waals surface area contributed by atoms with Crippen LogP contribution in [0.15, 0.2) is 36.4 Å². The van der Waals surface area contributed by atoms with Gasteiger partial charge in [0.2, 0.25) is 0 Å². The molecule has 1 aromatic heterocycles. The second-order valence-corrected chi connectivity index (χ2v) is 5.69. The highest BCUT2D eigenvalue weighted by molar-refractivity contribution is 6.33. The van der Waals surface area contributed by atoms with Gasteiger partial charge >= 0.3 is 0 Å². The average molecular weight is 352 g/mol. The van der Waals surface area contributed by atoms with E-state index in [2.05, 4.69) is 10.4 Å². The summed E-state index contributed by atoms with van der Waals surface area (Å²) in [6.45, 7) is 1.69. The van der Waals surface area contributed by atoms with Crippen molar-refractivity contribution in [3.63, 3.8) is 0 Å². The molecule has 24 heavy (non-hydrogen) atoms. The van der Waals surface area contributed by atoms with E-state index in [1.807, 2.05) is 0 Å². The molecule has 0 saturated carbocycles. The summed E-state index contributed by atoms with van der Waals surface area (Å²) >= 11 is 6.03. The average Bonchev–Trinajstić information content (AvgIpc) is 2.77. The van der Waals surface area contributed by atoms with E-state index in [1.54, 1.807) is 14.0 Å². The van der Waals surface area contributed by atoms with Gasteiger partial charge in [-0.3, -0.25) is 4.68 Å². The third-order valence-corrected chi connectivity index (χ3v) is 3.94. The molecule has 0 atom stereocenters. The summed E-state index contributed by atoms with van der Waals surface area (Å²) in [6, 6.07) is 7.55. The highest BCUT2D eigenvalue weighted by Crippen LogP contribution is 2.37. The van der Waals surface area contributed by atoms with Crippen LogP contribution >= 0.6 is 11.6 Å². The predicted octanol–water partition coefficient (Wildman–Crippen LogP) is 5.21. The van der Waals surface area contributed by atoms with Crippen LogP contribution in [-0.4, -0.2) is 9.78 Å². The van der Waals surface area contributed by atoms with Gasteiger partial charge in [0.1, 0.15) is 23.3 Å². The maximum atomic E-state index is 14.2. The van der Waals surface area contributed by atoms with Crippen LogP contribution in [-0.2, 0) is 7.05 Å². The second kappa shape index (κ2) is 6.20. The molecular weight excluding hydrogens is 339 g/mol. The standard InChI is InChI=1S/C17H13ClF3N3/c1-9-15(11-7-6-10(19)8-14(11)21)17(24(2)23-9)22-16-12(18)4-3-5-13(16)20/h3-8,22H,1-2H3. The maximum Gasteiger partial charge on any atom is 0.148 e. The molecule has 1 heterocycles. The number of halogens is 4. The number of rotatable bonds is 3. The van der Waals surface area contributed by atoms with Crippen molar-refractivity contribution in [2.24, 2.45) is 7.05 Å². The first-order valence-electron chi connectivity index (χ1n) is 7.08. The Balaban J connectivity index is 2.16. The molecule has 0 unspecified atom stereocenters. The van der Waals surface area contributed by atoms with Crippen LogP contribution in [0.3, 0.4) is 0 Å². The summed E-state index contributed by atoms with van der Waals surface area (Å²) < 4.78 is 42.9. The van der Waals surface area contributed by atoms with E-state index in [9.17, 15) is 13.2 Å². The Kier molecular flexibility index (Phi) is 4.24. The minimum Gasteiger partial charge on any atom is -0.336 e. The van der Waals surface area contributed by atoms with Crippen molar-refractivity contribution in [2.45, 2.75) is 6.92 Å². The lowest BCUT2D eigenvalue weighted by molar-refractivity contribution is 0.585. The molecule has 3 nitrogen and oxygen atoms in total. The van der Waals surface area contributed by atoms with E-state index in [4.69, 9.17) is 11.6 Å². The number of hydrogen-bond acceptors (Lipinski definition) is 2. The third kappa shape index (κ3) is 2.85. The fourth-order valence-electron chi connectivity index (χ4n) is 2.55. The number of nitrogens with one attached hydrogen (secondary N) is 1. The molecule has 3 aromatic rings. The summed E-state index contributed by atoms with van der Waals surface area (Å²) in [5.41, 5.74) is 1.15. The molecule has 0 saturated heterocycles. The fraction of sp³-hybridized carbons (Fsp3) is 0.118. The molecule has 0 radical (unpaired) electrons. The van der Waals surface area contributed by atoms with Crippen LogP contribution in [0.1, 0.15) is 5.69 Å². The van der Waals surface area contributed by atoms with Gasteiger partial charge in [-0.25, -0.2) is 13.2 Å². The molecule has 0 aliphatic heterocycles. The number of anilines is 2. The molecular formula is C17H13ClF3N3. The molecule has 0 bridgehead atoms. The zero-order valence-corrected chi connectivity index (χ0v) is 13.6. The van der Waals surface area contributed by atoms with Gasteiger partial charge in [-0.15, -0.1) is 0 Å². The van der Waals surface area contributed by atoms with Gasteiger partial charge in [-0.1, -0.05) is 17.7 Å². The van der Waals surface area contributed by atoms with Gasteiger partial charge in [-0.05, 0) is 31.2 Å². The van der Waals surface area contributed by atoms with E-state index >= 15 is 0 Å². The molecule has 0 spiro atoms. The van der Waals surface area contributed by atoms with Crippen molar-refractivity contribution in [3.8, 4) is 11.1 Å². The van der Waals surface area contributed by atoms with Gasteiger partial charge in [0.05, 0.1) is 22.0 Å². The van der Waals surface area contributed by atoms with Crippen molar-refractivity contribution in [1.29, 1.82) is 0 Å². The monoisotopic (exact) mass is 351 g/mol. The first-order chi connectivity index (χ1) is 11.4. The van der Waals surface area contributed by atoms with Crippen molar-refractivity contribution in [2.75, 3.05) is 5.32 Å². The fourth-order valence-corrected chi connectivity index (χ4v) is 2.76. The summed E-state index contributed by atoms with van der Waals surface area (Å²) in [7, 11) is 1.63. The Hall–Kier alpha value is -2.47. The molecule has 7 heteroatoms. The quantitative estimate of drug-likeness (QED) is 0.702. The van der Waals surface area contributed by atoms with E-state index < -0.39 is 17.5 Å². The number of nitrogens with zero attached hydrogens (tertiary/aromatic N) is 2. The third-order valence-electron chi connectivity index (χ3n) is 3.63. The molecule has 1 N–H and O–H groups in total. The van der Waals surface area contributed by atoms with Gasteiger partial charge in [0.15, 0.2) is 0 Å². The first-order valence-corrected chi connectivity index (χ1v) is 7.46. The Labute approximate surface area is 141 Å². The molecule has 0 aliphatic carbocycles. The van der Waals surface area contributed by atoms with E-state index in [1.165, 1.54) is 28.9 Å². The topological polar surface area (TPSA) is 29.9 Å². The first kappa shape index (κ1) is 16.4. The van der Waals surface area contributed by atoms with Gasteiger partial charge < -0.3 is 5.32 Å². The normalized spacial score (nSPS) is 10.9. The number of aryl methyl sites for hydroxylation is 2. The van der Waals surface area contributed by atoms with Gasteiger partial charge in [-0.2, -0.15) is 5.10 Å². The highest BCUT2D eigenvalue weighted by Gasteiger charge is 2.20. The van der Waals surface area contributed by atoms with E-state index in [0.717, 1.165) is 12.1 Å². The number of para-hydroxylation sites is 1. The summed E-state index contributed by atoms with van der Waals surface area (Å²) in [6.07, 6.45) is 0. The Bertz CT molecular complexity index is 901. The molecule has 124 valence electrons. The van der Waals surface area contributed by atoms with Crippen LogP contribution in [0.2, 0.25) is 5.02 Å². The zero-order valence-electron chi connectivity index (χ0n) is 12.9. The molecule has 0 aliphatic rings. The Morgan fingerprint density at radius 2 is 1.83 bits per heavy atom. The smallest absolute Gasteiger partial charge is 0.148 e. The molecule has 0 fully saturated rings. The van der Waals surface area contributed by atoms with Crippen LogP contribution in [0, 0.1) is 24.4 Å². The van der Waals surface area contributed by atoms with Crippen molar-refractivity contribution >= 4 is 23.1 Å².